The van der Waals surface area contributed by atoms with E-state index in [1.165, 1.54) is 11.9 Å². The van der Waals surface area contributed by atoms with Crippen molar-refractivity contribution in [3.63, 3.8) is 0 Å². The maximum Gasteiger partial charge on any atom is 0.199 e. The van der Waals surface area contributed by atoms with Gasteiger partial charge in [0.1, 0.15) is 6.33 Å². The SMILES string of the molecule is NC(=Nc1cccc(Cc2ccccc2)n1)Nc1cncnc1. The Kier molecular flexibility index (Phi) is 4.54. The molecule has 2 heterocycles. The lowest BCUT2D eigenvalue weighted by molar-refractivity contribution is 1.07. The highest BCUT2D eigenvalue weighted by Crippen LogP contribution is 2.13. The summed E-state index contributed by atoms with van der Waals surface area (Å²) in [6, 6.07) is 15.9. The summed E-state index contributed by atoms with van der Waals surface area (Å²) in [5.74, 6) is 0.796. The van der Waals surface area contributed by atoms with Gasteiger partial charge in [-0.2, -0.15) is 4.99 Å². The number of nitrogens with zero attached hydrogens (tertiary/aromatic N) is 4. The maximum atomic E-state index is 5.88. The fourth-order valence-corrected chi connectivity index (χ4v) is 2.10. The van der Waals surface area contributed by atoms with E-state index in [4.69, 9.17) is 5.73 Å². The summed E-state index contributed by atoms with van der Waals surface area (Å²) in [4.78, 5) is 16.6. The van der Waals surface area contributed by atoms with Gasteiger partial charge in [-0.3, -0.25) is 0 Å². The van der Waals surface area contributed by atoms with Crippen molar-refractivity contribution in [1.29, 1.82) is 0 Å². The summed E-state index contributed by atoms with van der Waals surface area (Å²) in [7, 11) is 0. The molecule has 0 fully saturated rings. The minimum Gasteiger partial charge on any atom is -0.369 e. The molecule has 0 aliphatic heterocycles. The van der Waals surface area contributed by atoms with Crippen molar-refractivity contribution in [2.75, 3.05) is 5.32 Å². The Bertz CT molecular complexity index is 786. The average molecular weight is 304 g/mol. The van der Waals surface area contributed by atoms with E-state index < -0.39 is 0 Å². The van der Waals surface area contributed by atoms with E-state index in [9.17, 15) is 0 Å². The molecule has 0 spiro atoms. The first-order chi connectivity index (χ1) is 11.3. The molecular weight excluding hydrogens is 288 g/mol. The van der Waals surface area contributed by atoms with Crippen LogP contribution in [0.1, 0.15) is 11.3 Å². The Morgan fingerprint density at radius 1 is 1.00 bits per heavy atom. The van der Waals surface area contributed by atoms with Gasteiger partial charge < -0.3 is 11.1 Å². The van der Waals surface area contributed by atoms with Crippen LogP contribution in [0.3, 0.4) is 0 Å². The van der Waals surface area contributed by atoms with Gasteiger partial charge in [0.05, 0.1) is 18.1 Å². The van der Waals surface area contributed by atoms with Crippen molar-refractivity contribution in [1.82, 2.24) is 15.0 Å². The largest absolute Gasteiger partial charge is 0.369 e. The van der Waals surface area contributed by atoms with Crippen LogP contribution in [-0.2, 0) is 6.42 Å². The molecule has 0 radical (unpaired) electrons. The molecule has 0 saturated heterocycles. The van der Waals surface area contributed by atoms with Crippen molar-refractivity contribution in [2.45, 2.75) is 6.42 Å². The third kappa shape index (κ3) is 4.34. The van der Waals surface area contributed by atoms with Gasteiger partial charge in [-0.25, -0.2) is 15.0 Å². The van der Waals surface area contributed by atoms with E-state index in [2.05, 4.69) is 37.4 Å². The molecule has 3 rings (SSSR count). The molecule has 0 unspecified atom stereocenters. The number of hydrogen-bond acceptors (Lipinski definition) is 4. The van der Waals surface area contributed by atoms with E-state index in [0.29, 0.717) is 11.5 Å². The highest BCUT2D eigenvalue weighted by molar-refractivity contribution is 5.93. The van der Waals surface area contributed by atoms with E-state index in [1.54, 1.807) is 12.4 Å². The van der Waals surface area contributed by atoms with Gasteiger partial charge in [-0.05, 0) is 17.7 Å². The molecule has 23 heavy (non-hydrogen) atoms. The highest BCUT2D eigenvalue weighted by Gasteiger charge is 2.01. The predicted molar refractivity (Wildman–Crippen MR) is 90.4 cm³/mol. The Balaban J connectivity index is 1.73. The number of anilines is 1. The third-order valence-corrected chi connectivity index (χ3v) is 3.09. The molecule has 6 heteroatoms. The van der Waals surface area contributed by atoms with E-state index >= 15 is 0 Å². The first-order valence-corrected chi connectivity index (χ1v) is 7.16. The van der Waals surface area contributed by atoms with Crippen LogP contribution in [0.4, 0.5) is 11.5 Å². The standard InChI is InChI=1S/C17H16N6/c18-17(22-15-10-19-12-20-11-15)23-16-8-4-7-14(21-16)9-13-5-2-1-3-6-13/h1-8,10-12H,9H2,(H3,18,21,22,23). The second-order valence-corrected chi connectivity index (χ2v) is 4.90. The van der Waals surface area contributed by atoms with Crippen LogP contribution in [0.15, 0.2) is 72.2 Å². The maximum absolute atomic E-state index is 5.88. The Labute approximate surface area is 134 Å². The molecule has 114 valence electrons. The number of nitrogens with one attached hydrogen (secondary N) is 1. The van der Waals surface area contributed by atoms with E-state index in [1.807, 2.05) is 36.4 Å². The van der Waals surface area contributed by atoms with Crippen LogP contribution in [0.5, 0.6) is 0 Å². The third-order valence-electron chi connectivity index (χ3n) is 3.09. The molecule has 2 aromatic heterocycles. The van der Waals surface area contributed by atoms with Gasteiger partial charge in [0.25, 0.3) is 0 Å². The van der Waals surface area contributed by atoms with Crippen molar-refractivity contribution in [3.05, 3.63) is 78.5 Å². The molecule has 1 aromatic carbocycles. The Hall–Kier alpha value is -3.28. The second-order valence-electron chi connectivity index (χ2n) is 4.90. The second kappa shape index (κ2) is 7.13. The number of rotatable bonds is 4. The minimum atomic E-state index is 0.240. The summed E-state index contributed by atoms with van der Waals surface area (Å²) in [5.41, 5.74) is 8.70. The normalized spacial score (nSPS) is 11.2. The monoisotopic (exact) mass is 304 g/mol. The highest BCUT2D eigenvalue weighted by atomic mass is 15.1. The molecule has 0 atom stereocenters. The number of benzene rings is 1. The van der Waals surface area contributed by atoms with Gasteiger partial charge in [0.15, 0.2) is 11.8 Å². The van der Waals surface area contributed by atoms with Gasteiger partial charge in [-0.1, -0.05) is 36.4 Å². The number of pyridine rings is 1. The molecule has 6 nitrogen and oxygen atoms in total. The van der Waals surface area contributed by atoms with Gasteiger partial charge in [-0.15, -0.1) is 0 Å². The first-order valence-electron chi connectivity index (χ1n) is 7.16. The Morgan fingerprint density at radius 2 is 1.78 bits per heavy atom. The summed E-state index contributed by atoms with van der Waals surface area (Å²) < 4.78 is 0. The minimum absolute atomic E-state index is 0.240. The predicted octanol–water partition coefficient (Wildman–Crippen LogP) is 2.52. The summed E-state index contributed by atoms with van der Waals surface area (Å²) >= 11 is 0. The zero-order valence-electron chi connectivity index (χ0n) is 12.4. The quantitative estimate of drug-likeness (QED) is 0.571. The smallest absolute Gasteiger partial charge is 0.199 e. The van der Waals surface area contributed by atoms with Crippen LogP contribution < -0.4 is 11.1 Å². The summed E-state index contributed by atoms with van der Waals surface area (Å²) in [5, 5.41) is 2.92. The van der Waals surface area contributed by atoms with Crippen LogP contribution in [0.2, 0.25) is 0 Å². The summed E-state index contributed by atoms with van der Waals surface area (Å²) in [6.45, 7) is 0. The fraction of sp³-hybridized carbons (Fsp3) is 0.0588. The lowest BCUT2D eigenvalue weighted by atomic mass is 10.1. The molecule has 0 aliphatic carbocycles. The fourth-order valence-electron chi connectivity index (χ4n) is 2.10. The van der Waals surface area contributed by atoms with Gasteiger partial charge in [0.2, 0.25) is 0 Å². The van der Waals surface area contributed by atoms with Gasteiger partial charge >= 0.3 is 0 Å². The number of aromatic nitrogens is 3. The molecule has 0 bridgehead atoms. The van der Waals surface area contributed by atoms with E-state index in [-0.39, 0.29) is 5.96 Å². The lowest BCUT2D eigenvalue weighted by Crippen LogP contribution is -2.22. The molecule has 0 aliphatic rings. The van der Waals surface area contributed by atoms with Crippen molar-refractivity contribution in [2.24, 2.45) is 10.7 Å². The van der Waals surface area contributed by atoms with E-state index in [0.717, 1.165) is 12.1 Å². The number of aliphatic imine (C=N–C) groups is 1. The van der Waals surface area contributed by atoms with Crippen LogP contribution in [0, 0.1) is 0 Å². The van der Waals surface area contributed by atoms with Crippen molar-refractivity contribution < 1.29 is 0 Å². The van der Waals surface area contributed by atoms with Crippen molar-refractivity contribution >= 4 is 17.5 Å². The zero-order chi connectivity index (χ0) is 15.9. The van der Waals surface area contributed by atoms with Gasteiger partial charge in [0, 0.05) is 12.1 Å². The zero-order valence-corrected chi connectivity index (χ0v) is 12.4. The van der Waals surface area contributed by atoms with Crippen LogP contribution in [0.25, 0.3) is 0 Å². The molecular formula is C17H16N6. The molecule has 0 amide bonds. The molecule has 0 saturated carbocycles. The molecule has 3 aromatic rings. The molecule has 3 N–H and O–H groups in total. The Morgan fingerprint density at radius 3 is 2.57 bits per heavy atom. The van der Waals surface area contributed by atoms with Crippen LogP contribution in [-0.4, -0.2) is 20.9 Å². The summed E-state index contributed by atoms with van der Waals surface area (Å²) in [6.07, 6.45) is 5.44. The first kappa shape index (κ1) is 14.6. The van der Waals surface area contributed by atoms with Crippen LogP contribution >= 0.6 is 0 Å². The number of hydrogen-bond donors (Lipinski definition) is 2. The number of guanidine groups is 1. The van der Waals surface area contributed by atoms with Crippen molar-refractivity contribution in [3.8, 4) is 0 Å². The topological polar surface area (TPSA) is 89.1 Å². The lowest BCUT2D eigenvalue weighted by Gasteiger charge is -2.05. The average Bonchev–Trinajstić information content (AvgIpc) is 2.57. The number of nitrogens with two attached hydrogens (primary N) is 1.